The number of hydrogen-bond donors (Lipinski definition) is 1. The molecule has 1 fully saturated rings. The van der Waals surface area contributed by atoms with Gasteiger partial charge in [0.25, 0.3) is 0 Å². The highest BCUT2D eigenvalue weighted by molar-refractivity contribution is 7.09. The van der Waals surface area contributed by atoms with E-state index in [1.54, 1.807) is 11.3 Å². The van der Waals surface area contributed by atoms with Crippen LogP contribution in [0.5, 0.6) is 0 Å². The molecule has 0 amide bonds. The van der Waals surface area contributed by atoms with Crippen molar-refractivity contribution in [1.82, 2.24) is 15.2 Å². The van der Waals surface area contributed by atoms with Crippen LogP contribution in [-0.4, -0.2) is 54.8 Å². The van der Waals surface area contributed by atoms with Gasteiger partial charge in [-0.1, -0.05) is 0 Å². The highest BCUT2D eigenvalue weighted by Crippen LogP contribution is 2.09. The maximum atomic E-state index is 5.80. The number of aryl methyl sites for hydroxylation is 1. The summed E-state index contributed by atoms with van der Waals surface area (Å²) in [6.07, 6.45) is 1.33. The molecule has 1 aliphatic heterocycles. The summed E-state index contributed by atoms with van der Waals surface area (Å²) in [6, 6.07) is 0.615. The van der Waals surface area contributed by atoms with Gasteiger partial charge in [-0.2, -0.15) is 0 Å². The first-order valence-corrected chi connectivity index (χ1v) is 8.00. The van der Waals surface area contributed by atoms with Crippen molar-refractivity contribution >= 4 is 11.3 Å². The van der Waals surface area contributed by atoms with Crippen molar-refractivity contribution in [2.45, 2.75) is 39.3 Å². The summed E-state index contributed by atoms with van der Waals surface area (Å²) in [6.45, 7) is 11.4. The van der Waals surface area contributed by atoms with E-state index in [4.69, 9.17) is 4.74 Å². The predicted molar refractivity (Wildman–Crippen MR) is 79.9 cm³/mol. The third-order valence-corrected chi connectivity index (χ3v) is 4.32. The molecule has 0 bridgehead atoms. The van der Waals surface area contributed by atoms with Gasteiger partial charge in [0, 0.05) is 44.0 Å². The second kappa shape index (κ2) is 7.33. The summed E-state index contributed by atoms with van der Waals surface area (Å²) < 4.78 is 5.80. The average Bonchev–Trinajstić information content (AvgIpc) is 2.81. The number of aromatic nitrogens is 1. The molecule has 1 aliphatic rings. The second-order valence-electron chi connectivity index (χ2n) is 5.39. The lowest BCUT2D eigenvalue weighted by atomic mass is 10.2. The van der Waals surface area contributed by atoms with Crippen LogP contribution < -0.4 is 5.32 Å². The maximum absolute atomic E-state index is 5.80. The molecule has 1 unspecified atom stereocenters. The molecule has 19 heavy (non-hydrogen) atoms. The van der Waals surface area contributed by atoms with Gasteiger partial charge >= 0.3 is 0 Å². The number of thiazole rings is 1. The molecule has 0 radical (unpaired) electrons. The molecule has 0 saturated carbocycles. The number of nitrogens with zero attached hydrogens (tertiary/aromatic N) is 2. The molecule has 108 valence electrons. The topological polar surface area (TPSA) is 37.4 Å². The third-order valence-electron chi connectivity index (χ3n) is 3.50. The molecule has 1 aromatic rings. The Kier molecular flexibility index (Phi) is 5.76. The fourth-order valence-corrected chi connectivity index (χ4v) is 2.98. The lowest BCUT2D eigenvalue weighted by Gasteiger charge is -2.35. The minimum absolute atomic E-state index is 0.327. The smallest absolute Gasteiger partial charge is 0.0897 e. The van der Waals surface area contributed by atoms with Gasteiger partial charge < -0.3 is 10.1 Å². The number of hydrogen-bond acceptors (Lipinski definition) is 5. The molecular formula is C14H25N3OS. The van der Waals surface area contributed by atoms with E-state index in [1.165, 1.54) is 5.69 Å². The van der Waals surface area contributed by atoms with Crippen LogP contribution in [0, 0.1) is 6.92 Å². The normalized spacial score (nSPS) is 21.2. The first-order chi connectivity index (χ1) is 9.15. The van der Waals surface area contributed by atoms with Gasteiger partial charge in [-0.15, -0.1) is 11.3 Å². The number of ether oxygens (including phenoxy) is 1. The van der Waals surface area contributed by atoms with E-state index in [2.05, 4.69) is 41.4 Å². The molecule has 1 atom stereocenters. The van der Waals surface area contributed by atoms with Gasteiger partial charge in [-0.25, -0.2) is 4.98 Å². The van der Waals surface area contributed by atoms with E-state index < -0.39 is 0 Å². The van der Waals surface area contributed by atoms with Crippen molar-refractivity contribution in [3.05, 3.63) is 16.1 Å². The van der Waals surface area contributed by atoms with E-state index in [0.717, 1.165) is 44.2 Å². The molecule has 1 aromatic heterocycles. The summed E-state index contributed by atoms with van der Waals surface area (Å²) >= 11 is 1.72. The van der Waals surface area contributed by atoms with Crippen LogP contribution >= 0.6 is 11.3 Å². The molecule has 2 heterocycles. The van der Waals surface area contributed by atoms with Crippen molar-refractivity contribution < 1.29 is 4.74 Å². The lowest BCUT2D eigenvalue weighted by molar-refractivity contribution is -0.0370. The minimum Gasteiger partial charge on any atom is -0.374 e. The molecule has 5 heteroatoms. The number of morpholine rings is 1. The molecular weight excluding hydrogens is 258 g/mol. The van der Waals surface area contributed by atoms with Gasteiger partial charge in [0.1, 0.15) is 0 Å². The Morgan fingerprint density at radius 2 is 2.42 bits per heavy atom. The Labute approximate surface area is 120 Å². The summed E-state index contributed by atoms with van der Waals surface area (Å²) in [5, 5.41) is 6.78. The van der Waals surface area contributed by atoms with E-state index >= 15 is 0 Å². The van der Waals surface area contributed by atoms with Gasteiger partial charge in [-0.3, -0.25) is 4.90 Å². The molecule has 2 rings (SSSR count). The van der Waals surface area contributed by atoms with E-state index in [0.29, 0.717) is 12.1 Å². The molecule has 0 spiro atoms. The van der Waals surface area contributed by atoms with Crippen molar-refractivity contribution in [3.8, 4) is 0 Å². The number of nitrogens with one attached hydrogen (secondary N) is 1. The first kappa shape index (κ1) is 14.9. The zero-order valence-electron chi connectivity index (χ0n) is 12.2. The van der Waals surface area contributed by atoms with Crippen molar-refractivity contribution in [2.24, 2.45) is 0 Å². The zero-order valence-corrected chi connectivity index (χ0v) is 13.0. The Bertz CT molecular complexity index is 381. The highest BCUT2D eigenvalue weighted by atomic mass is 32.1. The fourth-order valence-electron chi connectivity index (χ4n) is 2.34. The van der Waals surface area contributed by atoms with E-state index in [9.17, 15) is 0 Å². The Hall–Kier alpha value is -0.490. The summed E-state index contributed by atoms with van der Waals surface area (Å²) in [5.41, 5.74) is 1.20. The van der Waals surface area contributed by atoms with Crippen LogP contribution in [-0.2, 0) is 11.2 Å². The third kappa shape index (κ3) is 4.84. The van der Waals surface area contributed by atoms with Gasteiger partial charge in [0.05, 0.1) is 23.4 Å². The summed E-state index contributed by atoms with van der Waals surface area (Å²) in [7, 11) is 0. The molecule has 1 saturated heterocycles. The lowest BCUT2D eigenvalue weighted by Crippen LogP contribution is -2.49. The first-order valence-electron chi connectivity index (χ1n) is 7.12. The molecule has 1 N–H and O–H groups in total. The van der Waals surface area contributed by atoms with Gasteiger partial charge in [0.15, 0.2) is 0 Å². The molecule has 0 aromatic carbocycles. The Morgan fingerprint density at radius 1 is 1.58 bits per heavy atom. The van der Waals surface area contributed by atoms with Crippen molar-refractivity contribution in [3.63, 3.8) is 0 Å². The van der Waals surface area contributed by atoms with Crippen LogP contribution in [0.15, 0.2) is 5.38 Å². The zero-order chi connectivity index (χ0) is 13.7. The highest BCUT2D eigenvalue weighted by Gasteiger charge is 2.21. The molecule has 0 aliphatic carbocycles. The quantitative estimate of drug-likeness (QED) is 0.806. The number of rotatable bonds is 6. The monoisotopic (exact) mass is 283 g/mol. The Morgan fingerprint density at radius 3 is 3.11 bits per heavy atom. The van der Waals surface area contributed by atoms with Crippen LogP contribution in [0.2, 0.25) is 0 Å². The summed E-state index contributed by atoms with van der Waals surface area (Å²) in [4.78, 5) is 6.96. The SMILES string of the molecule is Cc1nc(CCNCC2CN(C(C)C)CCO2)cs1. The maximum Gasteiger partial charge on any atom is 0.0897 e. The second-order valence-corrected chi connectivity index (χ2v) is 6.46. The van der Waals surface area contributed by atoms with Crippen LogP contribution in [0.1, 0.15) is 24.5 Å². The van der Waals surface area contributed by atoms with Crippen molar-refractivity contribution in [1.29, 1.82) is 0 Å². The standard InChI is InChI=1S/C14H25N3OS/c1-11(2)17-6-7-18-14(9-17)8-15-5-4-13-10-19-12(3)16-13/h10-11,14-15H,4-9H2,1-3H3. The van der Waals surface area contributed by atoms with Crippen LogP contribution in [0.3, 0.4) is 0 Å². The van der Waals surface area contributed by atoms with E-state index in [1.807, 2.05) is 0 Å². The van der Waals surface area contributed by atoms with Crippen molar-refractivity contribution in [2.75, 3.05) is 32.8 Å². The predicted octanol–water partition coefficient (Wildman–Crippen LogP) is 1.69. The molecule has 4 nitrogen and oxygen atoms in total. The van der Waals surface area contributed by atoms with Gasteiger partial charge in [0.2, 0.25) is 0 Å². The van der Waals surface area contributed by atoms with Crippen LogP contribution in [0.4, 0.5) is 0 Å². The fraction of sp³-hybridized carbons (Fsp3) is 0.786. The average molecular weight is 283 g/mol. The van der Waals surface area contributed by atoms with Gasteiger partial charge in [-0.05, 0) is 20.8 Å². The summed E-state index contributed by atoms with van der Waals surface area (Å²) in [5.74, 6) is 0. The van der Waals surface area contributed by atoms with E-state index in [-0.39, 0.29) is 0 Å². The minimum atomic E-state index is 0.327. The Balaban J connectivity index is 1.62. The largest absolute Gasteiger partial charge is 0.374 e. The van der Waals surface area contributed by atoms with Crippen LogP contribution in [0.25, 0.3) is 0 Å².